The number of ether oxygens (including phenoxy) is 1. The highest BCUT2D eigenvalue weighted by Gasteiger charge is 2.13. The maximum atomic E-state index is 11.5. The van der Waals surface area contributed by atoms with Crippen LogP contribution in [0.5, 0.6) is 0 Å². The first-order valence-corrected chi connectivity index (χ1v) is 5.68. The summed E-state index contributed by atoms with van der Waals surface area (Å²) in [5, 5.41) is 11.8. The molecule has 6 heteroatoms. The zero-order valence-electron chi connectivity index (χ0n) is 10.1. The minimum Gasteiger partial charge on any atom is -0.479 e. The van der Waals surface area contributed by atoms with Crippen molar-refractivity contribution in [2.24, 2.45) is 0 Å². The molecule has 5 nitrogen and oxygen atoms in total. The summed E-state index contributed by atoms with van der Waals surface area (Å²) in [5.74, 6) is -1.51. The van der Waals surface area contributed by atoms with Crippen LogP contribution in [-0.2, 0) is 14.3 Å². The Hall–Kier alpha value is -1.59. The van der Waals surface area contributed by atoms with Crippen molar-refractivity contribution in [2.75, 3.05) is 11.9 Å². The van der Waals surface area contributed by atoms with Crippen LogP contribution in [0.15, 0.2) is 18.2 Å². The Balaban J connectivity index is 2.52. The maximum absolute atomic E-state index is 11.5. The molecular formula is C12H14ClNO4. The maximum Gasteiger partial charge on any atom is 0.332 e. The molecule has 0 aliphatic rings. The summed E-state index contributed by atoms with van der Waals surface area (Å²) in [6.45, 7) is 2.86. The number of amides is 1. The Bertz CT molecular complexity index is 461. The molecule has 0 heterocycles. The number of halogens is 1. The first-order chi connectivity index (χ1) is 8.40. The average Bonchev–Trinajstić information content (AvgIpc) is 2.29. The molecule has 2 N–H and O–H groups in total. The Labute approximate surface area is 110 Å². The van der Waals surface area contributed by atoms with E-state index in [1.54, 1.807) is 18.2 Å². The number of carbonyl (C=O) groups excluding carboxylic acids is 1. The zero-order chi connectivity index (χ0) is 13.7. The summed E-state index contributed by atoms with van der Waals surface area (Å²) in [4.78, 5) is 22.0. The second kappa shape index (κ2) is 6.37. The molecule has 1 rings (SSSR count). The molecule has 1 aromatic rings. The SMILES string of the molecule is Cc1cc(Cl)ccc1NC(=O)CO[C@H](C)C(=O)O. The third-order valence-electron chi connectivity index (χ3n) is 2.27. The summed E-state index contributed by atoms with van der Waals surface area (Å²) < 4.78 is 4.86. The summed E-state index contributed by atoms with van der Waals surface area (Å²) in [6, 6.07) is 5.05. The van der Waals surface area contributed by atoms with E-state index in [9.17, 15) is 9.59 Å². The molecule has 98 valence electrons. The minimum atomic E-state index is -1.11. The number of anilines is 1. The normalized spacial score (nSPS) is 11.9. The van der Waals surface area contributed by atoms with Gasteiger partial charge in [-0.1, -0.05) is 11.6 Å². The van der Waals surface area contributed by atoms with Crippen LogP contribution >= 0.6 is 11.6 Å². The lowest BCUT2D eigenvalue weighted by atomic mass is 10.2. The monoisotopic (exact) mass is 271 g/mol. The number of carbonyl (C=O) groups is 2. The van der Waals surface area contributed by atoms with Gasteiger partial charge in [0.2, 0.25) is 5.91 Å². The topological polar surface area (TPSA) is 75.6 Å². The number of benzene rings is 1. The molecule has 0 saturated heterocycles. The largest absolute Gasteiger partial charge is 0.479 e. The van der Waals surface area contributed by atoms with Crippen molar-refractivity contribution < 1.29 is 19.4 Å². The molecule has 0 aliphatic carbocycles. The predicted molar refractivity (Wildman–Crippen MR) is 67.9 cm³/mol. The molecule has 18 heavy (non-hydrogen) atoms. The van der Waals surface area contributed by atoms with Crippen molar-refractivity contribution in [3.05, 3.63) is 28.8 Å². The molecule has 1 amide bonds. The van der Waals surface area contributed by atoms with Gasteiger partial charge in [0.05, 0.1) is 0 Å². The Morgan fingerprint density at radius 2 is 2.17 bits per heavy atom. The number of carboxylic acid groups (broad SMARTS) is 1. The van der Waals surface area contributed by atoms with Gasteiger partial charge >= 0.3 is 5.97 Å². The van der Waals surface area contributed by atoms with Gasteiger partial charge in [-0.3, -0.25) is 4.79 Å². The van der Waals surface area contributed by atoms with Crippen LogP contribution < -0.4 is 5.32 Å². The smallest absolute Gasteiger partial charge is 0.332 e. The van der Waals surface area contributed by atoms with Crippen LogP contribution in [0.25, 0.3) is 0 Å². The molecule has 1 atom stereocenters. The van der Waals surface area contributed by atoms with E-state index in [0.717, 1.165) is 5.56 Å². The van der Waals surface area contributed by atoms with Crippen LogP contribution in [0.3, 0.4) is 0 Å². The first kappa shape index (κ1) is 14.5. The quantitative estimate of drug-likeness (QED) is 0.860. The highest BCUT2D eigenvalue weighted by atomic mass is 35.5. The van der Waals surface area contributed by atoms with Crippen LogP contribution in [0.2, 0.25) is 5.02 Å². The summed E-state index contributed by atoms with van der Waals surface area (Å²) in [6.07, 6.45) is -1.01. The van der Waals surface area contributed by atoms with Crippen molar-refractivity contribution in [3.63, 3.8) is 0 Å². The van der Waals surface area contributed by atoms with E-state index in [1.165, 1.54) is 6.92 Å². The molecule has 0 aromatic heterocycles. The van der Waals surface area contributed by atoms with Crippen LogP contribution in [0.1, 0.15) is 12.5 Å². The molecule has 0 saturated carbocycles. The van der Waals surface area contributed by atoms with Crippen LogP contribution in [-0.4, -0.2) is 29.7 Å². The third-order valence-corrected chi connectivity index (χ3v) is 2.51. The van der Waals surface area contributed by atoms with Gasteiger partial charge in [-0.2, -0.15) is 0 Å². The van der Waals surface area contributed by atoms with Gasteiger partial charge in [-0.25, -0.2) is 4.79 Å². The van der Waals surface area contributed by atoms with Gasteiger partial charge < -0.3 is 15.2 Å². The number of hydrogen-bond acceptors (Lipinski definition) is 3. The fourth-order valence-corrected chi connectivity index (χ4v) is 1.45. The second-order valence-corrected chi connectivity index (χ2v) is 4.24. The van der Waals surface area contributed by atoms with Crippen molar-refractivity contribution >= 4 is 29.2 Å². The number of hydrogen-bond donors (Lipinski definition) is 2. The molecule has 0 bridgehead atoms. The zero-order valence-corrected chi connectivity index (χ0v) is 10.8. The summed E-state index contributed by atoms with van der Waals surface area (Å²) in [5.41, 5.74) is 1.44. The van der Waals surface area contributed by atoms with E-state index >= 15 is 0 Å². The Kier molecular flexibility index (Phi) is 5.12. The number of aryl methyl sites for hydroxylation is 1. The summed E-state index contributed by atoms with van der Waals surface area (Å²) >= 11 is 5.79. The molecule has 0 unspecified atom stereocenters. The van der Waals surface area contributed by atoms with Gasteiger partial charge in [0.1, 0.15) is 6.61 Å². The Morgan fingerprint density at radius 1 is 1.50 bits per heavy atom. The van der Waals surface area contributed by atoms with Gasteiger partial charge in [-0.15, -0.1) is 0 Å². The predicted octanol–water partition coefficient (Wildman–Crippen LogP) is 2.08. The van der Waals surface area contributed by atoms with Gasteiger partial charge in [0.25, 0.3) is 0 Å². The van der Waals surface area contributed by atoms with E-state index in [-0.39, 0.29) is 6.61 Å². The fraction of sp³-hybridized carbons (Fsp3) is 0.333. The lowest BCUT2D eigenvalue weighted by Crippen LogP contribution is -2.26. The molecule has 0 aliphatic heterocycles. The van der Waals surface area contributed by atoms with E-state index in [0.29, 0.717) is 10.7 Å². The lowest BCUT2D eigenvalue weighted by molar-refractivity contribution is -0.150. The minimum absolute atomic E-state index is 0.310. The molecule has 0 fully saturated rings. The number of carboxylic acids is 1. The highest BCUT2D eigenvalue weighted by Crippen LogP contribution is 2.19. The van der Waals surface area contributed by atoms with Crippen LogP contribution in [0.4, 0.5) is 5.69 Å². The van der Waals surface area contributed by atoms with Crippen molar-refractivity contribution in [3.8, 4) is 0 Å². The van der Waals surface area contributed by atoms with E-state index < -0.39 is 18.0 Å². The van der Waals surface area contributed by atoms with Crippen molar-refractivity contribution in [1.29, 1.82) is 0 Å². The van der Waals surface area contributed by atoms with Crippen molar-refractivity contribution in [1.82, 2.24) is 0 Å². The third kappa shape index (κ3) is 4.35. The second-order valence-electron chi connectivity index (χ2n) is 3.80. The van der Waals surface area contributed by atoms with E-state index in [4.69, 9.17) is 21.4 Å². The van der Waals surface area contributed by atoms with Gasteiger partial charge in [0, 0.05) is 10.7 Å². The molecular weight excluding hydrogens is 258 g/mol. The molecule has 0 spiro atoms. The van der Waals surface area contributed by atoms with Crippen LogP contribution in [0, 0.1) is 6.92 Å². The number of aliphatic carboxylic acids is 1. The highest BCUT2D eigenvalue weighted by molar-refractivity contribution is 6.30. The van der Waals surface area contributed by atoms with Gasteiger partial charge in [0.15, 0.2) is 6.10 Å². The van der Waals surface area contributed by atoms with Crippen molar-refractivity contribution in [2.45, 2.75) is 20.0 Å². The Morgan fingerprint density at radius 3 is 2.72 bits per heavy atom. The van der Waals surface area contributed by atoms with E-state index in [2.05, 4.69) is 5.32 Å². The number of nitrogens with one attached hydrogen (secondary N) is 1. The van der Waals surface area contributed by atoms with Gasteiger partial charge in [-0.05, 0) is 37.6 Å². The molecule has 0 radical (unpaired) electrons. The average molecular weight is 272 g/mol. The summed E-state index contributed by atoms with van der Waals surface area (Å²) in [7, 11) is 0. The van der Waals surface area contributed by atoms with E-state index in [1.807, 2.05) is 6.92 Å². The standard InChI is InChI=1S/C12H14ClNO4/c1-7-5-9(13)3-4-10(7)14-11(15)6-18-8(2)12(16)17/h3-5,8H,6H2,1-2H3,(H,14,15)(H,16,17)/t8-/m1/s1. The lowest BCUT2D eigenvalue weighted by Gasteiger charge is -2.10. The molecule has 1 aromatic carbocycles. The fourth-order valence-electron chi connectivity index (χ4n) is 1.23. The number of rotatable bonds is 5. The first-order valence-electron chi connectivity index (χ1n) is 5.30.